The molecule has 2 aliphatic rings. The van der Waals surface area contributed by atoms with E-state index in [0.29, 0.717) is 0 Å². The lowest BCUT2D eigenvalue weighted by atomic mass is 9.77. The number of hydrogen-bond acceptors (Lipinski definition) is 2. The van der Waals surface area contributed by atoms with Gasteiger partial charge in [0.15, 0.2) is 0 Å². The molecule has 0 aliphatic heterocycles. The molecule has 2 atom stereocenters. The van der Waals surface area contributed by atoms with Gasteiger partial charge in [0.1, 0.15) is 6.10 Å². The summed E-state index contributed by atoms with van der Waals surface area (Å²) in [5.41, 5.74) is 1.55. The van der Waals surface area contributed by atoms with Gasteiger partial charge in [-0.1, -0.05) is 12.0 Å². The van der Waals surface area contributed by atoms with E-state index in [1.54, 1.807) is 5.57 Å². The molecule has 1 fully saturated rings. The van der Waals surface area contributed by atoms with Crippen LogP contribution in [0.2, 0.25) is 0 Å². The van der Waals surface area contributed by atoms with Gasteiger partial charge in [-0.2, -0.15) is 0 Å². The third kappa shape index (κ3) is 2.17. The van der Waals surface area contributed by atoms with E-state index in [1.165, 1.54) is 39.0 Å². The summed E-state index contributed by atoms with van der Waals surface area (Å²) in [7, 11) is 0. The Bertz CT molecular complexity index is 255. The average molecular weight is 194 g/mol. The van der Waals surface area contributed by atoms with Crippen LogP contribution in [0.5, 0.6) is 0 Å². The summed E-state index contributed by atoms with van der Waals surface area (Å²) in [6.07, 6.45) is 9.76. The minimum absolute atomic E-state index is 0.0665. The van der Waals surface area contributed by atoms with Gasteiger partial charge < -0.3 is 4.74 Å². The molecule has 0 heterocycles. The van der Waals surface area contributed by atoms with E-state index < -0.39 is 0 Å². The number of carbonyl (C=O) groups is 1. The average Bonchev–Trinajstić information content (AvgIpc) is 2.17. The molecule has 0 N–H and O–H groups in total. The maximum atomic E-state index is 10.8. The zero-order valence-electron chi connectivity index (χ0n) is 8.79. The maximum absolute atomic E-state index is 10.8. The van der Waals surface area contributed by atoms with Crippen LogP contribution in [0.3, 0.4) is 0 Å². The molecule has 0 aromatic rings. The summed E-state index contributed by atoms with van der Waals surface area (Å²) in [5, 5.41) is 0. The minimum Gasteiger partial charge on any atom is -0.458 e. The van der Waals surface area contributed by atoms with Gasteiger partial charge in [0.25, 0.3) is 0 Å². The van der Waals surface area contributed by atoms with E-state index in [0.717, 1.165) is 12.3 Å². The Kier molecular flexibility index (Phi) is 2.90. The highest BCUT2D eigenvalue weighted by molar-refractivity contribution is 5.66. The Morgan fingerprint density at radius 1 is 1.36 bits per heavy atom. The van der Waals surface area contributed by atoms with Crippen molar-refractivity contribution in [3.8, 4) is 0 Å². The van der Waals surface area contributed by atoms with Crippen molar-refractivity contribution in [3.05, 3.63) is 11.6 Å². The quantitative estimate of drug-likeness (QED) is 0.474. The fourth-order valence-electron chi connectivity index (χ4n) is 2.65. The highest BCUT2D eigenvalue weighted by atomic mass is 16.5. The van der Waals surface area contributed by atoms with E-state index in [9.17, 15) is 4.79 Å². The van der Waals surface area contributed by atoms with Crippen molar-refractivity contribution in [2.45, 2.75) is 51.6 Å². The smallest absolute Gasteiger partial charge is 0.303 e. The van der Waals surface area contributed by atoms with Gasteiger partial charge in [0.2, 0.25) is 0 Å². The van der Waals surface area contributed by atoms with Crippen molar-refractivity contribution >= 4 is 5.97 Å². The lowest BCUT2D eigenvalue weighted by molar-refractivity contribution is -0.144. The second-order valence-electron chi connectivity index (χ2n) is 4.41. The highest BCUT2D eigenvalue weighted by Crippen LogP contribution is 2.37. The number of rotatable bonds is 1. The third-order valence-electron chi connectivity index (χ3n) is 3.31. The van der Waals surface area contributed by atoms with Crippen LogP contribution < -0.4 is 0 Å². The van der Waals surface area contributed by atoms with Crippen molar-refractivity contribution in [2.24, 2.45) is 5.92 Å². The first-order valence-electron chi connectivity index (χ1n) is 5.63. The predicted octanol–water partition coefficient (Wildman–Crippen LogP) is 2.83. The summed E-state index contributed by atoms with van der Waals surface area (Å²) in [6, 6.07) is 0. The molecule has 78 valence electrons. The first-order chi connectivity index (χ1) is 6.75. The van der Waals surface area contributed by atoms with Gasteiger partial charge in [-0.3, -0.25) is 4.79 Å². The molecule has 0 aromatic carbocycles. The second kappa shape index (κ2) is 4.16. The number of fused-ring (bicyclic) bond motifs is 1. The Hall–Kier alpha value is -0.790. The molecular weight excluding hydrogens is 176 g/mol. The van der Waals surface area contributed by atoms with E-state index in [-0.39, 0.29) is 12.1 Å². The number of carbonyl (C=O) groups excluding carboxylic acids is 1. The molecule has 0 aromatic heterocycles. The van der Waals surface area contributed by atoms with Gasteiger partial charge in [-0.25, -0.2) is 0 Å². The molecule has 0 radical (unpaired) electrons. The molecule has 0 unspecified atom stereocenters. The largest absolute Gasteiger partial charge is 0.458 e. The third-order valence-corrected chi connectivity index (χ3v) is 3.31. The van der Waals surface area contributed by atoms with Crippen molar-refractivity contribution < 1.29 is 9.53 Å². The standard InChI is InChI=1S/C12H18O2/c1-9(13)14-12-7-6-10-4-2-3-5-11(10)8-12/h8,10,12H,2-7H2,1H3/t10-,12+/m1/s1. The molecule has 0 bridgehead atoms. The molecule has 2 heteroatoms. The maximum Gasteiger partial charge on any atom is 0.303 e. The molecule has 2 nitrogen and oxygen atoms in total. The summed E-state index contributed by atoms with van der Waals surface area (Å²) in [5.74, 6) is 0.650. The lowest BCUT2D eigenvalue weighted by Crippen LogP contribution is -2.23. The molecular formula is C12H18O2. The fourth-order valence-corrected chi connectivity index (χ4v) is 2.65. The number of ether oxygens (including phenoxy) is 1. The van der Waals surface area contributed by atoms with E-state index in [4.69, 9.17) is 4.74 Å². The molecule has 0 amide bonds. The predicted molar refractivity (Wildman–Crippen MR) is 54.8 cm³/mol. The molecule has 0 spiro atoms. The van der Waals surface area contributed by atoms with Gasteiger partial charge in [-0.05, 0) is 44.1 Å². The first kappa shape index (κ1) is 9.75. The monoisotopic (exact) mass is 194 g/mol. The summed E-state index contributed by atoms with van der Waals surface area (Å²) in [4.78, 5) is 10.8. The van der Waals surface area contributed by atoms with Crippen molar-refractivity contribution in [1.82, 2.24) is 0 Å². The number of hydrogen-bond donors (Lipinski definition) is 0. The van der Waals surface area contributed by atoms with Crippen molar-refractivity contribution in [3.63, 3.8) is 0 Å². The van der Waals surface area contributed by atoms with E-state index in [2.05, 4.69) is 6.08 Å². The molecule has 0 saturated heterocycles. The number of esters is 1. The Morgan fingerprint density at radius 2 is 2.21 bits per heavy atom. The first-order valence-corrected chi connectivity index (χ1v) is 5.63. The Morgan fingerprint density at radius 3 is 3.00 bits per heavy atom. The van der Waals surface area contributed by atoms with Crippen molar-refractivity contribution in [1.29, 1.82) is 0 Å². The van der Waals surface area contributed by atoms with Crippen LogP contribution in [0.15, 0.2) is 11.6 Å². The van der Waals surface area contributed by atoms with Gasteiger partial charge in [0.05, 0.1) is 0 Å². The van der Waals surface area contributed by atoms with E-state index in [1.807, 2.05) is 0 Å². The Balaban J connectivity index is 2.00. The van der Waals surface area contributed by atoms with Crippen LogP contribution >= 0.6 is 0 Å². The van der Waals surface area contributed by atoms with Gasteiger partial charge in [0, 0.05) is 6.92 Å². The van der Waals surface area contributed by atoms with Crippen LogP contribution in [0.4, 0.5) is 0 Å². The highest BCUT2D eigenvalue weighted by Gasteiger charge is 2.26. The normalized spacial score (nSPS) is 31.6. The Labute approximate surface area is 85.3 Å². The fraction of sp³-hybridized carbons (Fsp3) is 0.750. The lowest BCUT2D eigenvalue weighted by Gasteiger charge is -2.31. The summed E-state index contributed by atoms with van der Waals surface area (Å²) in [6.45, 7) is 1.49. The molecule has 2 aliphatic carbocycles. The summed E-state index contributed by atoms with van der Waals surface area (Å²) < 4.78 is 5.22. The molecule has 2 rings (SSSR count). The minimum atomic E-state index is -0.152. The second-order valence-corrected chi connectivity index (χ2v) is 4.41. The zero-order valence-corrected chi connectivity index (χ0v) is 8.79. The molecule has 14 heavy (non-hydrogen) atoms. The van der Waals surface area contributed by atoms with Gasteiger partial charge >= 0.3 is 5.97 Å². The van der Waals surface area contributed by atoms with E-state index >= 15 is 0 Å². The van der Waals surface area contributed by atoms with Crippen LogP contribution in [-0.2, 0) is 9.53 Å². The van der Waals surface area contributed by atoms with Crippen LogP contribution in [-0.4, -0.2) is 12.1 Å². The van der Waals surface area contributed by atoms with Crippen molar-refractivity contribution in [2.75, 3.05) is 0 Å². The van der Waals surface area contributed by atoms with Crippen LogP contribution in [0.1, 0.15) is 45.4 Å². The molecule has 1 saturated carbocycles. The SMILES string of the molecule is CC(=O)O[C@@H]1C=C2CCCC[C@@H]2CC1. The van der Waals surface area contributed by atoms with Crippen LogP contribution in [0, 0.1) is 5.92 Å². The zero-order chi connectivity index (χ0) is 9.97. The number of allylic oxidation sites excluding steroid dienone is 1. The van der Waals surface area contributed by atoms with Gasteiger partial charge in [-0.15, -0.1) is 0 Å². The van der Waals surface area contributed by atoms with Crippen LogP contribution in [0.25, 0.3) is 0 Å². The summed E-state index contributed by atoms with van der Waals surface area (Å²) >= 11 is 0. The topological polar surface area (TPSA) is 26.3 Å².